The van der Waals surface area contributed by atoms with Gasteiger partial charge in [0, 0.05) is 6.07 Å². The third-order valence-electron chi connectivity index (χ3n) is 2.18. The lowest BCUT2D eigenvalue weighted by molar-refractivity contribution is 0.385. The number of aromatic amines is 1. The Morgan fingerprint density at radius 3 is 2.72 bits per heavy atom. The smallest absolute Gasteiger partial charge is 0.263 e. The fourth-order valence-electron chi connectivity index (χ4n) is 1.33. The van der Waals surface area contributed by atoms with Gasteiger partial charge in [0.05, 0.1) is 18.2 Å². The first-order chi connectivity index (χ1) is 8.53. The van der Waals surface area contributed by atoms with E-state index in [0.29, 0.717) is 0 Å². The summed E-state index contributed by atoms with van der Waals surface area (Å²) in [5, 5.41) is 6.04. The molecule has 0 aliphatic rings. The Morgan fingerprint density at radius 1 is 1.39 bits per heavy atom. The van der Waals surface area contributed by atoms with E-state index in [2.05, 4.69) is 14.9 Å². The lowest BCUT2D eigenvalue weighted by atomic mass is 10.3. The maximum Gasteiger partial charge on any atom is 0.263 e. The second-order valence-electron chi connectivity index (χ2n) is 3.37. The Hall–Kier alpha value is -2.09. The molecule has 96 valence electrons. The van der Waals surface area contributed by atoms with E-state index < -0.39 is 15.8 Å². The average molecular weight is 271 g/mol. The number of aromatic nitrogens is 2. The minimum Gasteiger partial charge on any atom is -0.494 e. The van der Waals surface area contributed by atoms with E-state index in [-0.39, 0.29) is 16.5 Å². The number of anilines is 1. The lowest BCUT2D eigenvalue weighted by Crippen LogP contribution is -2.13. The summed E-state index contributed by atoms with van der Waals surface area (Å²) >= 11 is 0. The number of rotatable bonds is 4. The van der Waals surface area contributed by atoms with Gasteiger partial charge in [-0.2, -0.15) is 5.10 Å². The number of nitrogens with zero attached hydrogens (tertiary/aromatic N) is 1. The predicted molar refractivity (Wildman–Crippen MR) is 62.3 cm³/mol. The standard InChI is InChI=1S/C10H10FN3O3S/c1-17-9-3-2-7(6-8(9)11)18(15,16)14-10-4-5-12-13-10/h2-6H,1H3,(H2,12,13,14). The van der Waals surface area contributed by atoms with Gasteiger partial charge >= 0.3 is 0 Å². The van der Waals surface area contributed by atoms with Crippen LogP contribution < -0.4 is 9.46 Å². The van der Waals surface area contributed by atoms with Crippen LogP contribution in [0.25, 0.3) is 0 Å². The van der Waals surface area contributed by atoms with Gasteiger partial charge in [-0.1, -0.05) is 0 Å². The van der Waals surface area contributed by atoms with Crippen LogP contribution >= 0.6 is 0 Å². The van der Waals surface area contributed by atoms with Gasteiger partial charge < -0.3 is 4.74 Å². The number of benzene rings is 1. The quantitative estimate of drug-likeness (QED) is 0.879. The highest BCUT2D eigenvalue weighted by atomic mass is 32.2. The fourth-order valence-corrected chi connectivity index (χ4v) is 2.36. The topological polar surface area (TPSA) is 84.1 Å². The maximum atomic E-state index is 13.4. The third-order valence-corrected chi connectivity index (χ3v) is 3.54. The van der Waals surface area contributed by atoms with Crippen LogP contribution in [0.5, 0.6) is 5.75 Å². The molecule has 2 N–H and O–H groups in total. The van der Waals surface area contributed by atoms with Crippen LogP contribution in [-0.2, 0) is 10.0 Å². The van der Waals surface area contributed by atoms with Crippen molar-refractivity contribution in [2.75, 3.05) is 11.8 Å². The first-order valence-corrected chi connectivity index (χ1v) is 6.37. The Morgan fingerprint density at radius 2 is 2.17 bits per heavy atom. The Kier molecular flexibility index (Phi) is 3.19. The molecule has 1 aromatic heterocycles. The van der Waals surface area contributed by atoms with Crippen molar-refractivity contribution < 1.29 is 17.5 Å². The minimum atomic E-state index is -3.85. The van der Waals surface area contributed by atoms with Gasteiger partial charge in [0.2, 0.25) is 0 Å². The molecule has 0 unspecified atom stereocenters. The Balaban J connectivity index is 2.33. The fraction of sp³-hybridized carbons (Fsp3) is 0.100. The van der Waals surface area contributed by atoms with Crippen LogP contribution in [0.4, 0.5) is 10.2 Å². The maximum absolute atomic E-state index is 13.4. The van der Waals surface area contributed by atoms with E-state index in [1.54, 1.807) is 0 Å². The predicted octanol–water partition coefficient (Wildman–Crippen LogP) is 1.36. The van der Waals surface area contributed by atoms with Crippen LogP contribution in [0.2, 0.25) is 0 Å². The van der Waals surface area contributed by atoms with Crippen molar-refractivity contribution in [3.63, 3.8) is 0 Å². The summed E-state index contributed by atoms with van der Waals surface area (Å²) in [4.78, 5) is -0.199. The zero-order valence-electron chi connectivity index (χ0n) is 9.34. The number of nitrogens with one attached hydrogen (secondary N) is 2. The van der Waals surface area contributed by atoms with E-state index in [1.807, 2.05) is 0 Å². The molecule has 0 bridgehead atoms. The molecule has 0 atom stereocenters. The molecule has 8 heteroatoms. The molecule has 0 radical (unpaired) electrons. The molecule has 2 aromatic rings. The zero-order chi connectivity index (χ0) is 13.2. The number of hydrogen-bond donors (Lipinski definition) is 2. The molecule has 1 heterocycles. The first-order valence-electron chi connectivity index (χ1n) is 4.88. The van der Waals surface area contributed by atoms with E-state index in [1.165, 1.54) is 31.5 Å². The van der Waals surface area contributed by atoms with Gasteiger partial charge in [-0.05, 0) is 18.2 Å². The molecular weight excluding hydrogens is 261 g/mol. The van der Waals surface area contributed by atoms with Gasteiger partial charge in [0.25, 0.3) is 10.0 Å². The summed E-state index contributed by atoms with van der Waals surface area (Å²) in [5.41, 5.74) is 0. The largest absolute Gasteiger partial charge is 0.494 e. The summed E-state index contributed by atoms with van der Waals surface area (Å²) < 4.78 is 44.1. The highest BCUT2D eigenvalue weighted by Gasteiger charge is 2.17. The highest BCUT2D eigenvalue weighted by Crippen LogP contribution is 2.21. The molecule has 0 aliphatic carbocycles. The van der Waals surface area contributed by atoms with Gasteiger partial charge in [-0.3, -0.25) is 9.82 Å². The molecule has 0 saturated heterocycles. The molecule has 18 heavy (non-hydrogen) atoms. The monoisotopic (exact) mass is 271 g/mol. The summed E-state index contributed by atoms with van der Waals surface area (Å²) in [5.74, 6) is -0.563. The molecule has 0 aliphatic heterocycles. The van der Waals surface area contributed by atoms with E-state index >= 15 is 0 Å². The molecule has 2 rings (SSSR count). The summed E-state index contributed by atoms with van der Waals surface area (Å²) in [6.07, 6.45) is 1.40. The van der Waals surface area contributed by atoms with Gasteiger partial charge in [-0.15, -0.1) is 0 Å². The number of methoxy groups -OCH3 is 1. The van der Waals surface area contributed by atoms with Crippen LogP contribution in [-0.4, -0.2) is 25.7 Å². The number of halogens is 1. The number of hydrogen-bond acceptors (Lipinski definition) is 4. The van der Waals surface area contributed by atoms with Crippen molar-refractivity contribution in [1.29, 1.82) is 0 Å². The van der Waals surface area contributed by atoms with Gasteiger partial charge in [-0.25, -0.2) is 12.8 Å². The van der Waals surface area contributed by atoms with E-state index in [0.717, 1.165) is 6.07 Å². The normalized spacial score (nSPS) is 11.2. The average Bonchev–Trinajstić information content (AvgIpc) is 2.81. The molecule has 1 aromatic carbocycles. The number of ether oxygens (including phenoxy) is 1. The van der Waals surface area contributed by atoms with Gasteiger partial charge in [0.1, 0.15) is 5.82 Å². The van der Waals surface area contributed by atoms with E-state index in [4.69, 9.17) is 4.74 Å². The second-order valence-corrected chi connectivity index (χ2v) is 5.05. The summed E-state index contributed by atoms with van der Waals surface area (Å²) in [6.45, 7) is 0. The number of sulfonamides is 1. The molecule has 0 fully saturated rings. The molecule has 6 nitrogen and oxygen atoms in total. The van der Waals surface area contributed by atoms with Crippen LogP contribution in [0, 0.1) is 5.82 Å². The lowest BCUT2D eigenvalue weighted by Gasteiger charge is -2.07. The first kappa shape index (κ1) is 12.4. The zero-order valence-corrected chi connectivity index (χ0v) is 10.2. The molecule has 0 spiro atoms. The highest BCUT2D eigenvalue weighted by molar-refractivity contribution is 7.92. The van der Waals surface area contributed by atoms with Crippen molar-refractivity contribution in [3.05, 3.63) is 36.3 Å². The minimum absolute atomic E-state index is 0.0181. The Labute approximate surface area is 103 Å². The van der Waals surface area contributed by atoms with Crippen molar-refractivity contribution in [3.8, 4) is 5.75 Å². The SMILES string of the molecule is COc1ccc(S(=O)(=O)Nc2ccn[nH]2)cc1F. The van der Waals surface area contributed by atoms with Crippen LogP contribution in [0.15, 0.2) is 35.4 Å². The van der Waals surface area contributed by atoms with Crippen molar-refractivity contribution >= 4 is 15.8 Å². The summed E-state index contributed by atoms with van der Waals surface area (Å²) in [7, 11) is -2.55. The second kappa shape index (κ2) is 4.65. The molecular formula is C10H10FN3O3S. The number of H-pyrrole nitrogens is 1. The molecule has 0 saturated carbocycles. The molecule has 0 amide bonds. The van der Waals surface area contributed by atoms with E-state index in [9.17, 15) is 12.8 Å². The van der Waals surface area contributed by atoms with Crippen molar-refractivity contribution in [2.24, 2.45) is 0 Å². The van der Waals surface area contributed by atoms with Gasteiger partial charge in [0.15, 0.2) is 11.6 Å². The van der Waals surface area contributed by atoms with Crippen molar-refractivity contribution in [2.45, 2.75) is 4.90 Å². The summed E-state index contributed by atoms with van der Waals surface area (Å²) in [6, 6.07) is 4.83. The van der Waals surface area contributed by atoms with Crippen LogP contribution in [0.3, 0.4) is 0 Å². The third kappa shape index (κ3) is 2.43. The van der Waals surface area contributed by atoms with Crippen molar-refractivity contribution in [1.82, 2.24) is 10.2 Å². The Bertz CT molecular complexity index is 640. The van der Waals surface area contributed by atoms with Crippen LogP contribution in [0.1, 0.15) is 0 Å².